The standard InChI is InChI=1S/C9H5BrF4O2/c10-8(11,9(12,13)14)16-7-3-1-6(5-15)2-4-7/h1-5H. The molecule has 0 fully saturated rings. The fraction of sp³-hybridized carbons (Fsp3) is 0.222. The number of hydrogen-bond acceptors (Lipinski definition) is 2. The summed E-state index contributed by atoms with van der Waals surface area (Å²) in [5, 5.41) is 0. The molecule has 0 aliphatic rings. The fourth-order valence-electron chi connectivity index (χ4n) is 0.820. The van der Waals surface area contributed by atoms with Gasteiger partial charge in [-0.15, -0.1) is 0 Å². The Morgan fingerprint density at radius 3 is 2.00 bits per heavy atom. The zero-order valence-electron chi connectivity index (χ0n) is 7.59. The molecule has 7 heteroatoms. The van der Waals surface area contributed by atoms with Crippen LogP contribution in [0.4, 0.5) is 17.6 Å². The van der Waals surface area contributed by atoms with Gasteiger partial charge in [-0.2, -0.15) is 17.6 Å². The van der Waals surface area contributed by atoms with Crippen molar-refractivity contribution in [3.8, 4) is 5.75 Å². The number of alkyl halides is 5. The van der Waals surface area contributed by atoms with Gasteiger partial charge < -0.3 is 4.74 Å². The van der Waals surface area contributed by atoms with Crippen molar-refractivity contribution in [2.24, 2.45) is 0 Å². The quantitative estimate of drug-likeness (QED) is 0.485. The number of carbonyl (C=O) groups excluding carboxylic acids is 1. The van der Waals surface area contributed by atoms with Crippen LogP contribution in [0.1, 0.15) is 10.4 Å². The third-order valence-corrected chi connectivity index (χ3v) is 2.20. The summed E-state index contributed by atoms with van der Waals surface area (Å²) in [6.07, 6.45) is -4.69. The van der Waals surface area contributed by atoms with Gasteiger partial charge in [0.05, 0.1) is 0 Å². The van der Waals surface area contributed by atoms with Crippen LogP contribution in [0.5, 0.6) is 5.75 Å². The predicted octanol–water partition coefficient (Wildman–Crippen LogP) is 3.46. The molecule has 0 aliphatic heterocycles. The van der Waals surface area contributed by atoms with Gasteiger partial charge in [0.25, 0.3) is 0 Å². The molecule has 1 aromatic rings. The Morgan fingerprint density at radius 1 is 1.12 bits per heavy atom. The largest absolute Gasteiger partial charge is 0.472 e. The highest BCUT2D eigenvalue weighted by Gasteiger charge is 2.57. The van der Waals surface area contributed by atoms with Crippen LogP contribution in [-0.2, 0) is 0 Å². The summed E-state index contributed by atoms with van der Waals surface area (Å²) in [6, 6.07) is 4.54. The van der Waals surface area contributed by atoms with Gasteiger partial charge in [0.15, 0.2) is 0 Å². The minimum absolute atomic E-state index is 0.249. The van der Waals surface area contributed by atoms with Crippen LogP contribution in [-0.4, -0.2) is 17.2 Å². The Hall–Kier alpha value is -1.11. The lowest BCUT2D eigenvalue weighted by Gasteiger charge is -2.22. The van der Waals surface area contributed by atoms with Gasteiger partial charge in [0.1, 0.15) is 12.0 Å². The maximum atomic E-state index is 13.0. The highest BCUT2D eigenvalue weighted by Crippen LogP contribution is 2.40. The highest BCUT2D eigenvalue weighted by atomic mass is 79.9. The smallest absolute Gasteiger partial charge is 0.442 e. The number of carbonyl (C=O) groups is 1. The summed E-state index contributed by atoms with van der Waals surface area (Å²) in [7, 11) is 0. The number of halogens is 5. The Labute approximate surface area is 96.3 Å². The molecule has 0 N–H and O–H groups in total. The Kier molecular flexibility index (Phi) is 3.57. The minimum atomic E-state index is -5.20. The van der Waals surface area contributed by atoms with Crippen molar-refractivity contribution < 1.29 is 27.1 Å². The molecule has 1 rings (SSSR count). The van der Waals surface area contributed by atoms with Gasteiger partial charge in [0.2, 0.25) is 0 Å². The van der Waals surface area contributed by atoms with Crippen molar-refractivity contribution in [3.63, 3.8) is 0 Å². The van der Waals surface area contributed by atoms with Gasteiger partial charge >= 0.3 is 10.9 Å². The lowest BCUT2D eigenvalue weighted by molar-refractivity contribution is -0.252. The molecular weight excluding hydrogens is 296 g/mol. The van der Waals surface area contributed by atoms with Crippen molar-refractivity contribution in [2.45, 2.75) is 10.9 Å². The fourth-order valence-corrected chi connectivity index (χ4v) is 1.01. The molecule has 0 amide bonds. The second kappa shape index (κ2) is 4.40. The number of rotatable bonds is 3. The van der Waals surface area contributed by atoms with E-state index in [0.717, 1.165) is 12.1 Å². The van der Waals surface area contributed by atoms with Gasteiger partial charge in [0, 0.05) is 21.5 Å². The molecule has 16 heavy (non-hydrogen) atoms. The second-order valence-electron chi connectivity index (χ2n) is 2.80. The van der Waals surface area contributed by atoms with Crippen molar-refractivity contribution in [3.05, 3.63) is 29.8 Å². The summed E-state index contributed by atoms with van der Waals surface area (Å²) in [6.45, 7) is 0. The molecule has 0 spiro atoms. The second-order valence-corrected chi connectivity index (χ2v) is 3.82. The van der Waals surface area contributed by atoms with Gasteiger partial charge in [-0.25, -0.2) is 0 Å². The molecule has 1 aromatic carbocycles. The number of aldehydes is 1. The van der Waals surface area contributed by atoms with Crippen LogP contribution in [0.25, 0.3) is 0 Å². The third-order valence-electron chi connectivity index (χ3n) is 1.59. The topological polar surface area (TPSA) is 26.3 Å². The molecular formula is C9H5BrF4O2. The molecule has 0 saturated heterocycles. The maximum Gasteiger partial charge on any atom is 0.472 e. The first-order chi connectivity index (χ1) is 7.26. The summed E-state index contributed by atoms with van der Waals surface area (Å²) in [5.74, 6) is -0.345. The lowest BCUT2D eigenvalue weighted by atomic mass is 10.2. The van der Waals surface area contributed by atoms with Crippen molar-refractivity contribution in [1.82, 2.24) is 0 Å². The van der Waals surface area contributed by atoms with Crippen LogP contribution in [0.3, 0.4) is 0 Å². The van der Waals surface area contributed by atoms with E-state index in [-0.39, 0.29) is 11.3 Å². The first-order valence-corrected chi connectivity index (χ1v) is 4.74. The van der Waals surface area contributed by atoms with Gasteiger partial charge in [-0.05, 0) is 24.3 Å². The van der Waals surface area contributed by atoms with Crippen molar-refractivity contribution in [2.75, 3.05) is 0 Å². The lowest BCUT2D eigenvalue weighted by Crippen LogP contribution is -2.40. The molecule has 0 bridgehead atoms. The summed E-state index contributed by atoms with van der Waals surface area (Å²) < 4.78 is 49.3. The van der Waals surface area contributed by atoms with E-state index < -0.39 is 10.9 Å². The zero-order chi connectivity index (χ0) is 12.4. The molecule has 0 aromatic heterocycles. The summed E-state index contributed by atoms with van der Waals surface area (Å²) >= 11 is 1.79. The summed E-state index contributed by atoms with van der Waals surface area (Å²) in [5.41, 5.74) is 0.249. The highest BCUT2D eigenvalue weighted by molar-refractivity contribution is 9.10. The zero-order valence-corrected chi connectivity index (χ0v) is 9.18. The van der Waals surface area contributed by atoms with E-state index in [1.807, 2.05) is 0 Å². The number of ether oxygens (including phenoxy) is 1. The average Bonchev–Trinajstić information content (AvgIpc) is 2.16. The summed E-state index contributed by atoms with van der Waals surface area (Å²) in [4.78, 5) is 10.3. The van der Waals surface area contributed by atoms with Crippen LogP contribution < -0.4 is 4.74 Å². The number of hydrogen-bond donors (Lipinski definition) is 0. The average molecular weight is 301 g/mol. The molecule has 88 valence electrons. The molecule has 1 atom stereocenters. The van der Waals surface area contributed by atoms with Crippen LogP contribution in [0, 0.1) is 0 Å². The van der Waals surface area contributed by atoms with Gasteiger partial charge in [-0.1, -0.05) is 0 Å². The van der Waals surface area contributed by atoms with Crippen LogP contribution in [0.2, 0.25) is 0 Å². The van der Waals surface area contributed by atoms with E-state index in [1.54, 1.807) is 15.9 Å². The Morgan fingerprint density at radius 2 is 1.62 bits per heavy atom. The third kappa shape index (κ3) is 2.94. The first kappa shape index (κ1) is 13.0. The predicted molar refractivity (Wildman–Crippen MR) is 51.3 cm³/mol. The molecule has 0 heterocycles. The minimum Gasteiger partial charge on any atom is -0.442 e. The Balaban J connectivity index is 2.84. The van der Waals surface area contributed by atoms with Crippen LogP contribution in [0.15, 0.2) is 24.3 Å². The van der Waals surface area contributed by atoms with E-state index >= 15 is 0 Å². The van der Waals surface area contributed by atoms with E-state index in [0.29, 0.717) is 6.29 Å². The maximum absolute atomic E-state index is 13.0. The molecule has 2 nitrogen and oxygen atoms in total. The van der Waals surface area contributed by atoms with E-state index in [9.17, 15) is 22.4 Å². The van der Waals surface area contributed by atoms with Crippen molar-refractivity contribution >= 4 is 22.2 Å². The molecule has 1 unspecified atom stereocenters. The van der Waals surface area contributed by atoms with Crippen LogP contribution >= 0.6 is 15.9 Å². The van der Waals surface area contributed by atoms with E-state index in [1.165, 1.54) is 12.1 Å². The molecule has 0 saturated carbocycles. The SMILES string of the molecule is O=Cc1ccc(OC(F)(Br)C(F)(F)F)cc1. The monoisotopic (exact) mass is 300 g/mol. The number of benzene rings is 1. The molecule has 0 aliphatic carbocycles. The van der Waals surface area contributed by atoms with Crippen molar-refractivity contribution in [1.29, 1.82) is 0 Å². The van der Waals surface area contributed by atoms with E-state index in [2.05, 4.69) is 4.74 Å². The van der Waals surface area contributed by atoms with Gasteiger partial charge in [-0.3, -0.25) is 4.79 Å². The van der Waals surface area contributed by atoms with E-state index in [4.69, 9.17) is 0 Å². The first-order valence-electron chi connectivity index (χ1n) is 3.95. The molecule has 0 radical (unpaired) electrons. The Bertz CT molecular complexity index is 372. The normalized spacial score (nSPS) is 15.3.